The van der Waals surface area contributed by atoms with Crippen LogP contribution >= 0.6 is 0 Å². The fraction of sp³-hybridized carbons (Fsp3) is 0.615. The Morgan fingerprint density at radius 3 is 3.06 bits per heavy atom. The quantitative estimate of drug-likeness (QED) is 0.840. The minimum Gasteiger partial charge on any atom is -0.330 e. The first-order valence-electron chi connectivity index (χ1n) is 6.18. The molecule has 0 bridgehead atoms. The molecule has 1 aromatic rings. The van der Waals surface area contributed by atoms with Gasteiger partial charge in [0.15, 0.2) is 0 Å². The van der Waals surface area contributed by atoms with E-state index in [1.165, 1.54) is 24.9 Å². The average molecular weight is 219 g/mol. The van der Waals surface area contributed by atoms with Crippen LogP contribution in [0.25, 0.3) is 0 Å². The van der Waals surface area contributed by atoms with Gasteiger partial charge >= 0.3 is 0 Å². The molecule has 1 aliphatic heterocycles. The lowest BCUT2D eigenvalue weighted by Gasteiger charge is -2.24. The van der Waals surface area contributed by atoms with Crippen LogP contribution in [0.4, 0.5) is 0 Å². The van der Waals surface area contributed by atoms with Gasteiger partial charge in [0.05, 0.1) is 0 Å². The van der Waals surface area contributed by atoms with Gasteiger partial charge in [-0.2, -0.15) is 0 Å². The summed E-state index contributed by atoms with van der Waals surface area (Å²) in [5.41, 5.74) is 8.03. The topological polar surface area (TPSA) is 42.1 Å². The van der Waals surface area contributed by atoms with Crippen LogP contribution in [0.15, 0.2) is 18.3 Å². The monoisotopic (exact) mass is 219 g/mol. The van der Waals surface area contributed by atoms with Gasteiger partial charge in [-0.1, -0.05) is 6.07 Å². The lowest BCUT2D eigenvalue weighted by atomic mass is 10.1. The minimum absolute atomic E-state index is 0.569. The van der Waals surface area contributed by atoms with Crippen LogP contribution in [-0.2, 0) is 0 Å². The number of nitrogens with zero attached hydrogens (tertiary/aromatic N) is 2. The second-order valence-electron chi connectivity index (χ2n) is 4.57. The molecule has 1 aromatic heterocycles. The molecule has 0 spiro atoms. The third kappa shape index (κ3) is 2.60. The Hall–Kier alpha value is -0.930. The second-order valence-corrected chi connectivity index (χ2v) is 4.57. The molecule has 16 heavy (non-hydrogen) atoms. The summed E-state index contributed by atoms with van der Waals surface area (Å²) in [6.07, 6.45) is 5.68. The molecule has 1 atom stereocenters. The molecule has 1 fully saturated rings. The Labute approximate surface area is 97.7 Å². The number of likely N-dealkylation sites (tertiary alicyclic amines) is 1. The van der Waals surface area contributed by atoms with Crippen LogP contribution in [0.2, 0.25) is 0 Å². The molecule has 2 N–H and O–H groups in total. The molecule has 0 aliphatic carbocycles. The first-order chi connectivity index (χ1) is 7.81. The van der Waals surface area contributed by atoms with Crippen molar-refractivity contribution in [2.24, 2.45) is 5.73 Å². The van der Waals surface area contributed by atoms with Crippen molar-refractivity contribution in [1.29, 1.82) is 0 Å². The predicted octanol–water partition coefficient (Wildman–Crippen LogP) is 1.88. The number of hydrogen-bond donors (Lipinski definition) is 1. The van der Waals surface area contributed by atoms with E-state index in [4.69, 9.17) is 5.73 Å². The fourth-order valence-corrected chi connectivity index (χ4v) is 2.44. The molecule has 0 saturated carbocycles. The Balaban J connectivity index is 2.04. The van der Waals surface area contributed by atoms with Crippen LogP contribution in [0.5, 0.6) is 0 Å². The van der Waals surface area contributed by atoms with Crippen molar-refractivity contribution in [1.82, 2.24) is 9.88 Å². The maximum Gasteiger partial charge on any atom is 0.0372 e. The number of hydrogen-bond acceptors (Lipinski definition) is 3. The van der Waals surface area contributed by atoms with Crippen molar-refractivity contribution >= 4 is 0 Å². The summed E-state index contributed by atoms with van der Waals surface area (Å²) >= 11 is 0. The molecule has 0 amide bonds. The first-order valence-corrected chi connectivity index (χ1v) is 6.18. The number of pyridine rings is 1. The molecule has 0 radical (unpaired) electrons. The predicted molar refractivity (Wildman–Crippen MR) is 66.2 cm³/mol. The van der Waals surface area contributed by atoms with Gasteiger partial charge in [0.1, 0.15) is 0 Å². The molecular weight excluding hydrogens is 198 g/mol. The zero-order valence-corrected chi connectivity index (χ0v) is 10.0. The maximum atomic E-state index is 5.57. The smallest absolute Gasteiger partial charge is 0.0372 e. The minimum atomic E-state index is 0.569. The number of aryl methyl sites for hydroxylation is 1. The van der Waals surface area contributed by atoms with Crippen molar-refractivity contribution in [2.75, 3.05) is 19.6 Å². The summed E-state index contributed by atoms with van der Waals surface area (Å²) in [5.74, 6) is 0. The third-order valence-electron chi connectivity index (χ3n) is 3.33. The molecule has 0 aromatic carbocycles. The van der Waals surface area contributed by atoms with E-state index in [1.807, 2.05) is 13.1 Å². The van der Waals surface area contributed by atoms with Gasteiger partial charge in [0.25, 0.3) is 0 Å². The average Bonchev–Trinajstić information content (AvgIpc) is 2.75. The molecule has 0 unspecified atom stereocenters. The van der Waals surface area contributed by atoms with Crippen LogP contribution in [0.3, 0.4) is 0 Å². The van der Waals surface area contributed by atoms with Gasteiger partial charge in [-0.05, 0) is 57.5 Å². The molecule has 3 nitrogen and oxygen atoms in total. The van der Waals surface area contributed by atoms with Gasteiger partial charge in [-0.3, -0.25) is 9.88 Å². The highest BCUT2D eigenvalue weighted by Gasteiger charge is 2.25. The zero-order valence-electron chi connectivity index (χ0n) is 10.0. The van der Waals surface area contributed by atoms with E-state index >= 15 is 0 Å². The lowest BCUT2D eigenvalue weighted by Crippen LogP contribution is -2.26. The van der Waals surface area contributed by atoms with E-state index in [9.17, 15) is 0 Å². The van der Waals surface area contributed by atoms with Gasteiger partial charge in [0.2, 0.25) is 0 Å². The molecule has 88 valence electrons. The van der Waals surface area contributed by atoms with Gasteiger partial charge in [0, 0.05) is 17.9 Å². The molecule has 1 aliphatic rings. The Kier molecular flexibility index (Phi) is 3.91. The number of rotatable bonds is 4. The number of nitrogens with two attached hydrogens (primary N) is 1. The fourth-order valence-electron chi connectivity index (χ4n) is 2.44. The highest BCUT2D eigenvalue weighted by atomic mass is 15.2. The highest BCUT2D eigenvalue weighted by molar-refractivity contribution is 5.18. The normalized spacial score (nSPS) is 21.5. The molecule has 3 heteroatoms. The summed E-state index contributed by atoms with van der Waals surface area (Å²) in [6, 6.07) is 4.89. The lowest BCUT2D eigenvalue weighted by molar-refractivity contribution is 0.255. The van der Waals surface area contributed by atoms with Crippen LogP contribution in [0, 0.1) is 6.92 Å². The van der Waals surface area contributed by atoms with Gasteiger partial charge in [-0.15, -0.1) is 0 Å². The van der Waals surface area contributed by atoms with Crippen molar-refractivity contribution in [3.05, 3.63) is 29.6 Å². The molecule has 1 saturated heterocycles. The van der Waals surface area contributed by atoms with Gasteiger partial charge < -0.3 is 5.73 Å². The standard InChI is InChI=1S/C13H21N3/c1-11-5-6-12(10-15-11)13-4-2-8-16(13)9-3-7-14/h5-6,10,13H,2-4,7-9,14H2,1H3/t13-/m0/s1. The summed E-state index contributed by atoms with van der Waals surface area (Å²) < 4.78 is 0. The number of aromatic nitrogens is 1. The third-order valence-corrected chi connectivity index (χ3v) is 3.33. The molecule has 2 heterocycles. The Bertz CT molecular complexity index is 320. The second kappa shape index (κ2) is 5.41. The molecular formula is C13H21N3. The van der Waals surface area contributed by atoms with E-state index in [2.05, 4.69) is 22.0 Å². The van der Waals surface area contributed by atoms with E-state index in [1.54, 1.807) is 0 Å². The summed E-state index contributed by atoms with van der Waals surface area (Å²) in [7, 11) is 0. The largest absolute Gasteiger partial charge is 0.330 e. The summed E-state index contributed by atoms with van der Waals surface area (Å²) in [4.78, 5) is 6.93. The van der Waals surface area contributed by atoms with Crippen LogP contribution in [0.1, 0.15) is 36.6 Å². The van der Waals surface area contributed by atoms with Crippen molar-refractivity contribution in [3.63, 3.8) is 0 Å². The van der Waals surface area contributed by atoms with Crippen molar-refractivity contribution in [2.45, 2.75) is 32.2 Å². The Morgan fingerprint density at radius 1 is 1.50 bits per heavy atom. The van der Waals surface area contributed by atoms with Crippen LogP contribution in [-0.4, -0.2) is 29.5 Å². The van der Waals surface area contributed by atoms with Crippen molar-refractivity contribution in [3.8, 4) is 0 Å². The maximum absolute atomic E-state index is 5.57. The van der Waals surface area contributed by atoms with Crippen LogP contribution < -0.4 is 5.73 Å². The Morgan fingerprint density at radius 2 is 2.38 bits per heavy atom. The van der Waals surface area contributed by atoms with E-state index in [0.29, 0.717) is 6.04 Å². The highest BCUT2D eigenvalue weighted by Crippen LogP contribution is 2.31. The van der Waals surface area contributed by atoms with E-state index in [-0.39, 0.29) is 0 Å². The zero-order chi connectivity index (χ0) is 11.4. The van der Waals surface area contributed by atoms with E-state index < -0.39 is 0 Å². The first kappa shape index (κ1) is 11.6. The van der Waals surface area contributed by atoms with E-state index in [0.717, 1.165) is 25.2 Å². The van der Waals surface area contributed by atoms with Gasteiger partial charge in [-0.25, -0.2) is 0 Å². The SMILES string of the molecule is Cc1ccc([C@@H]2CCCN2CCCN)cn1. The van der Waals surface area contributed by atoms with Crippen molar-refractivity contribution < 1.29 is 0 Å². The summed E-state index contributed by atoms with van der Waals surface area (Å²) in [5, 5.41) is 0. The molecule has 2 rings (SSSR count). The summed E-state index contributed by atoms with van der Waals surface area (Å²) in [6.45, 7) is 5.15.